The number of fused-ring (bicyclic) bond motifs is 1. The van der Waals surface area contributed by atoms with Gasteiger partial charge in [0.05, 0.1) is 22.5 Å². The zero-order valence-electron chi connectivity index (χ0n) is 16.5. The minimum atomic E-state index is 0.261. The van der Waals surface area contributed by atoms with Crippen LogP contribution in [0.5, 0.6) is 11.5 Å². The fourth-order valence-electron chi connectivity index (χ4n) is 3.11. The van der Waals surface area contributed by atoms with Gasteiger partial charge in [-0.1, -0.05) is 12.1 Å². The molecule has 0 spiro atoms. The van der Waals surface area contributed by atoms with Gasteiger partial charge in [-0.2, -0.15) is 5.10 Å². The first kappa shape index (κ1) is 18.8. The summed E-state index contributed by atoms with van der Waals surface area (Å²) in [6, 6.07) is 16.2. The van der Waals surface area contributed by atoms with Gasteiger partial charge in [-0.15, -0.1) is 22.7 Å². The average Bonchev–Trinajstić information content (AvgIpc) is 3.49. The number of aromatic nitrogens is 1. The van der Waals surface area contributed by atoms with Crippen LogP contribution >= 0.6 is 22.7 Å². The Morgan fingerprint density at radius 1 is 0.967 bits per heavy atom. The van der Waals surface area contributed by atoms with E-state index in [0.29, 0.717) is 0 Å². The van der Waals surface area contributed by atoms with E-state index in [-0.39, 0.29) is 6.79 Å². The molecule has 5 rings (SSSR count). The van der Waals surface area contributed by atoms with Crippen molar-refractivity contribution in [2.75, 3.05) is 6.79 Å². The van der Waals surface area contributed by atoms with Crippen LogP contribution in [0.3, 0.4) is 0 Å². The number of nitrogens with zero attached hydrogens (tertiary/aromatic N) is 3. The highest BCUT2D eigenvalue weighted by molar-refractivity contribution is 7.14. The summed E-state index contributed by atoms with van der Waals surface area (Å²) in [4.78, 5) is 6.84. The van der Waals surface area contributed by atoms with Gasteiger partial charge in [-0.25, -0.2) is 9.67 Å². The van der Waals surface area contributed by atoms with Gasteiger partial charge in [-0.3, -0.25) is 0 Å². The highest BCUT2D eigenvalue weighted by Crippen LogP contribution is 2.32. The normalized spacial score (nSPS) is 13.5. The lowest BCUT2D eigenvalue weighted by atomic mass is 10.1. The second kappa shape index (κ2) is 7.93. The van der Waals surface area contributed by atoms with Crippen molar-refractivity contribution in [3.8, 4) is 22.1 Å². The number of benzene rings is 2. The molecule has 0 amide bonds. The Hall–Kier alpha value is -3.16. The summed E-state index contributed by atoms with van der Waals surface area (Å²) in [6.45, 7) is 4.47. The molecule has 0 aliphatic carbocycles. The first-order chi connectivity index (χ1) is 14.7. The standard InChI is InChI=1S/C23H19N3O2S2/c1-15-5-7-18(10-16(15)2)25-23-26(19(13-30-23)22-4-3-9-29-22)24-12-17-6-8-20-21(11-17)28-14-27-20/h3-13H,14H2,1-2H3. The van der Waals surface area contributed by atoms with Gasteiger partial charge in [-0.05, 0) is 72.3 Å². The highest BCUT2D eigenvalue weighted by Gasteiger charge is 2.13. The molecular formula is C23H19N3O2S2. The number of thiazole rings is 1. The number of hydrogen-bond donors (Lipinski definition) is 0. The van der Waals surface area contributed by atoms with Crippen LogP contribution in [-0.4, -0.2) is 17.7 Å². The van der Waals surface area contributed by atoms with Crippen molar-refractivity contribution >= 4 is 34.6 Å². The minimum absolute atomic E-state index is 0.261. The van der Waals surface area contributed by atoms with E-state index in [4.69, 9.17) is 19.6 Å². The Labute approximate surface area is 182 Å². The summed E-state index contributed by atoms with van der Waals surface area (Å²) in [7, 11) is 0. The molecule has 2 aromatic carbocycles. The SMILES string of the molecule is Cc1ccc(N=c2scc(-c3cccs3)n2N=Cc2ccc3c(c2)OCO3)cc1C. The van der Waals surface area contributed by atoms with Crippen molar-refractivity contribution in [2.45, 2.75) is 13.8 Å². The van der Waals surface area contributed by atoms with E-state index >= 15 is 0 Å². The number of aryl methyl sites for hydroxylation is 2. The summed E-state index contributed by atoms with van der Waals surface area (Å²) in [5, 5.41) is 8.94. The van der Waals surface area contributed by atoms with Crippen molar-refractivity contribution in [1.29, 1.82) is 0 Å². The Balaban J connectivity index is 1.59. The van der Waals surface area contributed by atoms with Crippen LogP contribution in [0, 0.1) is 13.8 Å². The van der Waals surface area contributed by atoms with Crippen LogP contribution in [0.25, 0.3) is 10.6 Å². The zero-order chi connectivity index (χ0) is 20.5. The topological polar surface area (TPSA) is 48.1 Å². The van der Waals surface area contributed by atoms with Gasteiger partial charge in [0, 0.05) is 5.38 Å². The summed E-state index contributed by atoms with van der Waals surface area (Å²) in [5.74, 6) is 1.51. The van der Waals surface area contributed by atoms with Crippen LogP contribution in [0.2, 0.25) is 0 Å². The first-order valence-corrected chi connectivity index (χ1v) is 11.2. The van der Waals surface area contributed by atoms with Crippen LogP contribution < -0.4 is 14.3 Å². The predicted molar refractivity (Wildman–Crippen MR) is 122 cm³/mol. The number of rotatable bonds is 4. The molecule has 0 bridgehead atoms. The van der Waals surface area contributed by atoms with Crippen LogP contribution in [0.1, 0.15) is 16.7 Å². The Morgan fingerprint density at radius 3 is 2.70 bits per heavy atom. The zero-order valence-corrected chi connectivity index (χ0v) is 18.2. The molecule has 0 unspecified atom stereocenters. The van der Waals surface area contributed by atoms with Gasteiger partial charge in [0.15, 0.2) is 11.5 Å². The smallest absolute Gasteiger partial charge is 0.231 e. The van der Waals surface area contributed by atoms with E-state index in [9.17, 15) is 0 Å². The van der Waals surface area contributed by atoms with E-state index in [2.05, 4.69) is 42.8 Å². The second-order valence-electron chi connectivity index (χ2n) is 6.93. The molecule has 1 aliphatic heterocycles. The fourth-order valence-corrected chi connectivity index (χ4v) is 4.76. The monoisotopic (exact) mass is 433 g/mol. The van der Waals surface area contributed by atoms with Gasteiger partial charge in [0.2, 0.25) is 11.6 Å². The molecule has 150 valence electrons. The quantitative estimate of drug-likeness (QED) is 0.386. The average molecular weight is 434 g/mol. The number of ether oxygens (including phenoxy) is 2. The van der Waals surface area contributed by atoms with Crippen LogP contribution in [0.4, 0.5) is 5.69 Å². The van der Waals surface area contributed by atoms with Crippen molar-refractivity contribution in [3.05, 3.63) is 80.8 Å². The largest absolute Gasteiger partial charge is 0.454 e. The number of thiophene rings is 1. The molecule has 0 saturated heterocycles. The van der Waals surface area contributed by atoms with E-state index in [1.54, 1.807) is 22.7 Å². The summed E-state index contributed by atoms with van der Waals surface area (Å²) < 4.78 is 12.8. The Bertz CT molecular complexity index is 1300. The maximum Gasteiger partial charge on any atom is 0.231 e. The van der Waals surface area contributed by atoms with E-state index < -0.39 is 0 Å². The van der Waals surface area contributed by atoms with Crippen LogP contribution in [-0.2, 0) is 0 Å². The molecule has 7 heteroatoms. The van der Waals surface area contributed by atoms with Crippen molar-refractivity contribution in [3.63, 3.8) is 0 Å². The third-order valence-electron chi connectivity index (χ3n) is 4.89. The molecule has 0 radical (unpaired) electrons. The van der Waals surface area contributed by atoms with Gasteiger partial charge < -0.3 is 9.47 Å². The highest BCUT2D eigenvalue weighted by atomic mass is 32.1. The summed E-state index contributed by atoms with van der Waals surface area (Å²) in [5.41, 5.74) is 5.36. The molecule has 4 aromatic rings. The van der Waals surface area contributed by atoms with E-state index in [1.807, 2.05) is 41.2 Å². The minimum Gasteiger partial charge on any atom is -0.454 e. The molecule has 0 atom stereocenters. The maximum absolute atomic E-state index is 5.48. The lowest BCUT2D eigenvalue weighted by Crippen LogP contribution is -2.11. The molecule has 3 heterocycles. The lowest BCUT2D eigenvalue weighted by molar-refractivity contribution is 0.174. The molecule has 0 fully saturated rings. The number of hydrogen-bond acceptors (Lipinski definition) is 6. The van der Waals surface area contributed by atoms with Gasteiger partial charge in [0.1, 0.15) is 0 Å². The van der Waals surface area contributed by atoms with Crippen molar-refractivity contribution < 1.29 is 9.47 Å². The molecule has 30 heavy (non-hydrogen) atoms. The summed E-state index contributed by atoms with van der Waals surface area (Å²) in [6.07, 6.45) is 1.82. The Kier molecular flexibility index (Phi) is 4.98. The lowest BCUT2D eigenvalue weighted by Gasteiger charge is -2.03. The van der Waals surface area contributed by atoms with E-state index in [0.717, 1.165) is 38.1 Å². The molecule has 1 aliphatic rings. The third kappa shape index (κ3) is 3.69. The molecule has 5 nitrogen and oxygen atoms in total. The Morgan fingerprint density at radius 2 is 1.87 bits per heavy atom. The van der Waals surface area contributed by atoms with Gasteiger partial charge in [0.25, 0.3) is 0 Å². The van der Waals surface area contributed by atoms with Crippen LogP contribution in [0.15, 0.2) is 69.4 Å². The van der Waals surface area contributed by atoms with Crippen molar-refractivity contribution in [1.82, 2.24) is 4.68 Å². The molecule has 0 saturated carbocycles. The molecular weight excluding hydrogens is 414 g/mol. The molecule has 0 N–H and O–H groups in total. The maximum atomic E-state index is 5.48. The summed E-state index contributed by atoms with van der Waals surface area (Å²) >= 11 is 3.26. The first-order valence-electron chi connectivity index (χ1n) is 9.48. The predicted octanol–water partition coefficient (Wildman–Crippen LogP) is 5.74. The fraction of sp³-hybridized carbons (Fsp3) is 0.130. The second-order valence-corrected chi connectivity index (χ2v) is 8.71. The van der Waals surface area contributed by atoms with E-state index in [1.165, 1.54) is 11.1 Å². The molecule has 2 aromatic heterocycles. The van der Waals surface area contributed by atoms with Crippen molar-refractivity contribution in [2.24, 2.45) is 10.1 Å². The third-order valence-corrected chi connectivity index (χ3v) is 6.60. The van der Waals surface area contributed by atoms with Gasteiger partial charge >= 0.3 is 0 Å².